The van der Waals surface area contributed by atoms with Crippen molar-refractivity contribution in [2.45, 2.75) is 19.4 Å². The molecule has 2 aromatic rings. The van der Waals surface area contributed by atoms with E-state index in [0.717, 1.165) is 11.1 Å². The summed E-state index contributed by atoms with van der Waals surface area (Å²) in [5, 5.41) is 10.2. The van der Waals surface area contributed by atoms with Crippen molar-refractivity contribution in [3.63, 3.8) is 0 Å². The van der Waals surface area contributed by atoms with Gasteiger partial charge in [-0.3, -0.25) is 4.79 Å². The molecule has 2 heteroatoms. The van der Waals surface area contributed by atoms with Crippen LogP contribution in [-0.2, 0) is 11.2 Å². The Balaban J connectivity index is 2.03. The third-order valence-corrected chi connectivity index (χ3v) is 3.34. The number of hydrogen-bond donors (Lipinski definition) is 1. The number of aliphatic hydroxyl groups is 1. The molecule has 0 aromatic heterocycles. The van der Waals surface area contributed by atoms with Gasteiger partial charge in [-0.2, -0.15) is 0 Å². The summed E-state index contributed by atoms with van der Waals surface area (Å²) in [4.78, 5) is 12.2. The molecule has 0 aliphatic rings. The summed E-state index contributed by atoms with van der Waals surface area (Å²) >= 11 is 0. The molecule has 0 aliphatic heterocycles. The van der Waals surface area contributed by atoms with Gasteiger partial charge < -0.3 is 5.11 Å². The number of benzene rings is 2. The Morgan fingerprint density at radius 3 is 2.11 bits per heavy atom. The summed E-state index contributed by atoms with van der Waals surface area (Å²) in [6, 6.07) is 18.9. The maximum atomic E-state index is 12.2. The SMILES string of the molecule is CC(C(=O)Cc1ccccc1)C(O)c1ccccc1. The Labute approximate surface area is 113 Å². The molecular formula is C17H18O2. The number of ketones is 1. The van der Waals surface area contributed by atoms with E-state index < -0.39 is 12.0 Å². The molecule has 2 nitrogen and oxygen atoms in total. The number of hydrogen-bond acceptors (Lipinski definition) is 2. The molecule has 0 amide bonds. The van der Waals surface area contributed by atoms with Crippen LogP contribution in [0, 0.1) is 5.92 Å². The largest absolute Gasteiger partial charge is 0.388 e. The molecule has 0 bridgehead atoms. The lowest BCUT2D eigenvalue weighted by molar-refractivity contribution is -0.125. The van der Waals surface area contributed by atoms with E-state index in [0.29, 0.717) is 6.42 Å². The molecule has 0 radical (unpaired) electrons. The van der Waals surface area contributed by atoms with Gasteiger partial charge in [-0.25, -0.2) is 0 Å². The quantitative estimate of drug-likeness (QED) is 0.889. The minimum atomic E-state index is -0.739. The second-order valence-corrected chi connectivity index (χ2v) is 4.77. The van der Waals surface area contributed by atoms with E-state index in [1.807, 2.05) is 60.7 Å². The molecule has 2 unspecified atom stereocenters. The minimum Gasteiger partial charge on any atom is -0.388 e. The first-order chi connectivity index (χ1) is 9.18. The van der Waals surface area contributed by atoms with Gasteiger partial charge in [0.2, 0.25) is 0 Å². The van der Waals surface area contributed by atoms with Gasteiger partial charge in [-0.15, -0.1) is 0 Å². The molecule has 0 aliphatic carbocycles. The first-order valence-corrected chi connectivity index (χ1v) is 6.48. The fourth-order valence-corrected chi connectivity index (χ4v) is 2.07. The first-order valence-electron chi connectivity index (χ1n) is 6.48. The van der Waals surface area contributed by atoms with Crippen LogP contribution in [-0.4, -0.2) is 10.9 Å². The Morgan fingerprint density at radius 1 is 1.00 bits per heavy atom. The maximum absolute atomic E-state index is 12.2. The van der Waals surface area contributed by atoms with Crippen LogP contribution in [0.25, 0.3) is 0 Å². The van der Waals surface area contributed by atoms with Crippen LogP contribution in [0.5, 0.6) is 0 Å². The number of aliphatic hydroxyl groups excluding tert-OH is 1. The van der Waals surface area contributed by atoms with E-state index in [-0.39, 0.29) is 5.78 Å². The van der Waals surface area contributed by atoms with Gasteiger partial charge in [0.1, 0.15) is 5.78 Å². The van der Waals surface area contributed by atoms with Crippen LogP contribution in [0.3, 0.4) is 0 Å². The first kappa shape index (κ1) is 13.5. The fraction of sp³-hybridized carbons (Fsp3) is 0.235. The molecule has 0 saturated heterocycles. The van der Waals surface area contributed by atoms with Crippen molar-refractivity contribution in [2.75, 3.05) is 0 Å². The Bertz CT molecular complexity index is 519. The van der Waals surface area contributed by atoms with Crippen molar-refractivity contribution < 1.29 is 9.90 Å². The average Bonchev–Trinajstić information content (AvgIpc) is 2.47. The normalized spacial score (nSPS) is 13.8. The summed E-state index contributed by atoms with van der Waals surface area (Å²) in [7, 11) is 0. The van der Waals surface area contributed by atoms with Crippen molar-refractivity contribution in [1.82, 2.24) is 0 Å². The zero-order valence-electron chi connectivity index (χ0n) is 11.0. The van der Waals surface area contributed by atoms with E-state index in [1.54, 1.807) is 6.92 Å². The van der Waals surface area contributed by atoms with Crippen molar-refractivity contribution in [3.8, 4) is 0 Å². The summed E-state index contributed by atoms with van der Waals surface area (Å²) in [6.07, 6.45) is -0.372. The molecule has 0 heterocycles. The highest BCUT2D eigenvalue weighted by atomic mass is 16.3. The second-order valence-electron chi connectivity index (χ2n) is 4.77. The van der Waals surface area contributed by atoms with Crippen molar-refractivity contribution in [1.29, 1.82) is 0 Å². The predicted octanol–water partition coefficient (Wildman–Crippen LogP) is 3.17. The zero-order chi connectivity index (χ0) is 13.7. The van der Waals surface area contributed by atoms with E-state index in [4.69, 9.17) is 0 Å². The highest BCUT2D eigenvalue weighted by molar-refractivity contribution is 5.83. The van der Waals surface area contributed by atoms with Crippen LogP contribution in [0.4, 0.5) is 0 Å². The zero-order valence-corrected chi connectivity index (χ0v) is 11.0. The second kappa shape index (κ2) is 6.30. The van der Waals surface area contributed by atoms with Gasteiger partial charge in [-0.05, 0) is 11.1 Å². The van der Waals surface area contributed by atoms with Crippen LogP contribution in [0.2, 0.25) is 0 Å². The molecule has 2 atom stereocenters. The van der Waals surface area contributed by atoms with E-state index >= 15 is 0 Å². The molecule has 19 heavy (non-hydrogen) atoms. The van der Waals surface area contributed by atoms with Crippen molar-refractivity contribution in [3.05, 3.63) is 71.8 Å². The standard InChI is InChI=1S/C17H18O2/c1-13(17(19)15-10-6-3-7-11-15)16(18)12-14-8-4-2-5-9-14/h2-11,13,17,19H,12H2,1H3. The molecule has 1 N–H and O–H groups in total. The van der Waals surface area contributed by atoms with Crippen LogP contribution in [0.15, 0.2) is 60.7 Å². The van der Waals surface area contributed by atoms with E-state index in [9.17, 15) is 9.90 Å². The summed E-state index contributed by atoms with van der Waals surface area (Å²) in [5.41, 5.74) is 1.77. The number of carbonyl (C=O) groups excluding carboxylic acids is 1. The lowest BCUT2D eigenvalue weighted by atomic mass is 9.90. The van der Waals surface area contributed by atoms with Crippen molar-refractivity contribution in [2.24, 2.45) is 5.92 Å². The Kier molecular flexibility index (Phi) is 4.48. The molecule has 2 rings (SSSR count). The maximum Gasteiger partial charge on any atom is 0.142 e. The van der Waals surface area contributed by atoms with E-state index in [2.05, 4.69) is 0 Å². The summed E-state index contributed by atoms with van der Waals surface area (Å²) in [6.45, 7) is 1.78. The summed E-state index contributed by atoms with van der Waals surface area (Å²) < 4.78 is 0. The van der Waals surface area contributed by atoms with Crippen LogP contribution >= 0.6 is 0 Å². The molecule has 2 aromatic carbocycles. The fourth-order valence-electron chi connectivity index (χ4n) is 2.07. The average molecular weight is 254 g/mol. The lowest BCUT2D eigenvalue weighted by Gasteiger charge is -2.18. The third-order valence-electron chi connectivity index (χ3n) is 3.34. The van der Waals surface area contributed by atoms with Crippen molar-refractivity contribution >= 4 is 5.78 Å². The van der Waals surface area contributed by atoms with Gasteiger partial charge >= 0.3 is 0 Å². The number of Topliss-reactive ketones (excluding diaryl/α,β-unsaturated/α-hetero) is 1. The molecule has 0 spiro atoms. The van der Waals surface area contributed by atoms with Gasteiger partial charge in [0.25, 0.3) is 0 Å². The number of carbonyl (C=O) groups is 1. The van der Waals surface area contributed by atoms with Gasteiger partial charge in [0, 0.05) is 12.3 Å². The Morgan fingerprint density at radius 2 is 1.53 bits per heavy atom. The van der Waals surface area contributed by atoms with Gasteiger partial charge in [0.05, 0.1) is 6.10 Å². The third kappa shape index (κ3) is 3.52. The molecule has 0 fully saturated rings. The lowest BCUT2D eigenvalue weighted by Crippen LogP contribution is -2.21. The predicted molar refractivity (Wildman–Crippen MR) is 75.7 cm³/mol. The Hall–Kier alpha value is -1.93. The molecular weight excluding hydrogens is 236 g/mol. The topological polar surface area (TPSA) is 37.3 Å². The molecule has 98 valence electrons. The van der Waals surface area contributed by atoms with Gasteiger partial charge in [-0.1, -0.05) is 67.6 Å². The minimum absolute atomic E-state index is 0.0579. The highest BCUT2D eigenvalue weighted by Gasteiger charge is 2.23. The van der Waals surface area contributed by atoms with Crippen LogP contribution in [0.1, 0.15) is 24.2 Å². The smallest absolute Gasteiger partial charge is 0.142 e. The number of rotatable bonds is 5. The van der Waals surface area contributed by atoms with Crippen LogP contribution < -0.4 is 0 Å². The van der Waals surface area contributed by atoms with Gasteiger partial charge in [0.15, 0.2) is 0 Å². The molecule has 0 saturated carbocycles. The monoisotopic (exact) mass is 254 g/mol. The summed E-state index contributed by atoms with van der Waals surface area (Å²) in [5.74, 6) is -0.342. The van der Waals surface area contributed by atoms with E-state index in [1.165, 1.54) is 0 Å². The highest BCUT2D eigenvalue weighted by Crippen LogP contribution is 2.23.